The minimum Gasteiger partial charge on any atom is -0.334 e. The first-order valence-corrected chi connectivity index (χ1v) is 14.1. The molecule has 1 saturated carbocycles. The lowest BCUT2D eigenvalue weighted by atomic mass is 9.55. The van der Waals surface area contributed by atoms with Crippen LogP contribution in [0.3, 0.4) is 0 Å². The molecule has 0 aromatic heterocycles. The van der Waals surface area contributed by atoms with E-state index in [1.54, 1.807) is 0 Å². The molecule has 0 N–H and O–H groups in total. The molecule has 0 bridgehead atoms. The van der Waals surface area contributed by atoms with Crippen LogP contribution in [0.15, 0.2) is 127 Å². The molecule has 188 valence electrons. The van der Waals surface area contributed by atoms with Crippen molar-refractivity contribution >= 4 is 32.9 Å². The molecule has 0 amide bonds. The second kappa shape index (κ2) is 8.07. The molecular formula is C38H31N. The summed E-state index contributed by atoms with van der Waals surface area (Å²) in [7, 11) is 0. The van der Waals surface area contributed by atoms with Gasteiger partial charge in [0, 0.05) is 16.8 Å². The molecule has 1 aliphatic carbocycles. The maximum Gasteiger partial charge on any atom is 0.0518 e. The van der Waals surface area contributed by atoms with Gasteiger partial charge in [0.15, 0.2) is 0 Å². The maximum atomic E-state index is 2.62. The van der Waals surface area contributed by atoms with E-state index >= 15 is 0 Å². The average molecular weight is 502 g/mol. The Kier molecular flexibility index (Phi) is 4.68. The Hall–Kier alpha value is -4.36. The van der Waals surface area contributed by atoms with Crippen molar-refractivity contribution in [3.05, 3.63) is 133 Å². The van der Waals surface area contributed by atoms with Crippen molar-refractivity contribution in [1.82, 2.24) is 0 Å². The number of fused-ring (bicyclic) bond motifs is 5. The Bertz CT molecular complexity index is 1830. The minimum atomic E-state index is 0.0939. The Labute approximate surface area is 230 Å². The first-order chi connectivity index (χ1) is 19.1. The summed E-state index contributed by atoms with van der Waals surface area (Å²) in [6, 6.07) is 47.0. The van der Waals surface area contributed by atoms with Gasteiger partial charge < -0.3 is 4.90 Å². The molecule has 1 heterocycles. The van der Waals surface area contributed by atoms with Crippen molar-refractivity contribution < 1.29 is 0 Å². The van der Waals surface area contributed by atoms with Crippen molar-refractivity contribution in [2.45, 2.75) is 37.6 Å². The monoisotopic (exact) mass is 501 g/mol. The van der Waals surface area contributed by atoms with E-state index in [0.29, 0.717) is 0 Å². The fraction of sp³-hybridized carbons (Fsp3) is 0.158. The van der Waals surface area contributed by atoms with Gasteiger partial charge in [-0.2, -0.15) is 0 Å². The lowest BCUT2D eigenvalue weighted by Crippen LogP contribution is -2.60. The number of nitrogens with zero attached hydrogens (tertiary/aromatic N) is 1. The summed E-state index contributed by atoms with van der Waals surface area (Å²) >= 11 is 0. The fourth-order valence-electron chi connectivity index (χ4n) is 7.60. The second-order valence-electron chi connectivity index (χ2n) is 11.7. The highest BCUT2D eigenvalue weighted by Gasteiger charge is 2.63. The first-order valence-electron chi connectivity index (χ1n) is 14.1. The molecular weight excluding hydrogens is 470 g/mol. The molecule has 2 aliphatic rings. The second-order valence-corrected chi connectivity index (χ2v) is 11.7. The summed E-state index contributed by atoms with van der Waals surface area (Å²) in [5.74, 6) is 0. The molecule has 1 heteroatoms. The molecule has 8 rings (SSSR count). The van der Waals surface area contributed by atoms with Gasteiger partial charge in [0.25, 0.3) is 0 Å². The molecule has 6 aromatic rings. The predicted octanol–water partition coefficient (Wildman–Crippen LogP) is 10.3. The van der Waals surface area contributed by atoms with Gasteiger partial charge in [0.1, 0.15) is 0 Å². The van der Waals surface area contributed by atoms with E-state index in [4.69, 9.17) is 0 Å². The van der Waals surface area contributed by atoms with Crippen LogP contribution in [0, 0.1) is 0 Å². The number of hydrogen-bond acceptors (Lipinski definition) is 1. The first kappa shape index (κ1) is 22.6. The highest BCUT2D eigenvalue weighted by molar-refractivity contribution is 6.21. The van der Waals surface area contributed by atoms with Crippen molar-refractivity contribution in [3.8, 4) is 22.3 Å². The van der Waals surface area contributed by atoms with Crippen molar-refractivity contribution in [3.63, 3.8) is 0 Å². The van der Waals surface area contributed by atoms with Crippen molar-refractivity contribution in [1.29, 1.82) is 0 Å². The van der Waals surface area contributed by atoms with E-state index in [2.05, 4.69) is 146 Å². The molecule has 39 heavy (non-hydrogen) atoms. The van der Waals surface area contributed by atoms with Crippen LogP contribution in [0.4, 0.5) is 11.4 Å². The number of benzene rings is 6. The summed E-state index contributed by atoms with van der Waals surface area (Å²) in [5.41, 5.74) is 9.60. The highest BCUT2D eigenvalue weighted by atomic mass is 15.3. The molecule has 0 radical (unpaired) electrons. The maximum absolute atomic E-state index is 2.62. The zero-order valence-corrected chi connectivity index (χ0v) is 22.5. The quantitative estimate of drug-likeness (QED) is 0.218. The molecule has 1 fully saturated rings. The lowest BCUT2D eigenvalue weighted by Gasteiger charge is -2.56. The SMILES string of the molecule is CC12CCC1(C)N(c1ccccc1)c1ccc(-c3c4ccccc4c(-c4ccccc4)c4ccccc34)cc12. The van der Waals surface area contributed by atoms with Crippen LogP contribution in [-0.2, 0) is 5.41 Å². The van der Waals surface area contributed by atoms with E-state index in [0.717, 1.165) is 0 Å². The molecule has 6 aromatic carbocycles. The van der Waals surface area contributed by atoms with Gasteiger partial charge in [-0.1, -0.05) is 110 Å². The summed E-state index contributed by atoms with van der Waals surface area (Å²) in [6.07, 6.45) is 2.43. The predicted molar refractivity (Wildman–Crippen MR) is 166 cm³/mol. The van der Waals surface area contributed by atoms with E-state index in [1.807, 2.05) is 0 Å². The summed E-state index contributed by atoms with van der Waals surface area (Å²) < 4.78 is 0. The van der Waals surface area contributed by atoms with Crippen LogP contribution in [0.5, 0.6) is 0 Å². The molecule has 2 atom stereocenters. The molecule has 1 nitrogen and oxygen atoms in total. The van der Waals surface area contributed by atoms with Gasteiger partial charge in [0.2, 0.25) is 0 Å². The molecule has 1 aliphatic heterocycles. The zero-order valence-electron chi connectivity index (χ0n) is 22.5. The number of rotatable bonds is 3. The van der Waals surface area contributed by atoms with E-state index in [1.165, 1.54) is 73.6 Å². The zero-order chi connectivity index (χ0) is 26.2. The summed E-state index contributed by atoms with van der Waals surface area (Å²) in [5, 5.41) is 5.25. The van der Waals surface area contributed by atoms with Crippen LogP contribution >= 0.6 is 0 Å². The average Bonchev–Trinajstić information content (AvgIpc) is 3.12. The van der Waals surface area contributed by atoms with Gasteiger partial charge in [-0.15, -0.1) is 0 Å². The highest BCUT2D eigenvalue weighted by Crippen LogP contribution is 2.65. The number of hydrogen-bond donors (Lipinski definition) is 0. The minimum absolute atomic E-state index is 0.0939. The smallest absolute Gasteiger partial charge is 0.0518 e. The van der Waals surface area contributed by atoms with E-state index < -0.39 is 0 Å². The van der Waals surface area contributed by atoms with Crippen LogP contribution in [0.1, 0.15) is 32.3 Å². The Morgan fingerprint density at radius 1 is 0.513 bits per heavy atom. The van der Waals surface area contributed by atoms with Gasteiger partial charge >= 0.3 is 0 Å². The third-order valence-corrected chi connectivity index (χ3v) is 9.92. The third-order valence-electron chi connectivity index (χ3n) is 9.92. The van der Waals surface area contributed by atoms with Crippen LogP contribution < -0.4 is 4.90 Å². The third kappa shape index (κ3) is 2.96. The largest absolute Gasteiger partial charge is 0.334 e. The summed E-state index contributed by atoms with van der Waals surface area (Å²) in [4.78, 5) is 2.62. The van der Waals surface area contributed by atoms with Crippen molar-refractivity contribution in [2.24, 2.45) is 0 Å². The standard InChI is InChI=1S/C38H31N/c1-37-23-24-38(37,2)39(28-15-7-4-8-16-28)34-22-21-27(25-33(34)37)36-31-19-11-9-17-29(31)35(26-13-5-3-6-14-26)30-18-10-12-20-32(30)36/h3-22,25H,23-24H2,1-2H3. The Balaban J connectivity index is 1.42. The van der Waals surface area contributed by atoms with Crippen LogP contribution in [0.25, 0.3) is 43.8 Å². The molecule has 0 spiro atoms. The fourth-order valence-corrected chi connectivity index (χ4v) is 7.60. The Morgan fingerprint density at radius 3 is 1.56 bits per heavy atom. The van der Waals surface area contributed by atoms with Gasteiger partial charge in [-0.3, -0.25) is 0 Å². The van der Waals surface area contributed by atoms with Crippen LogP contribution in [0.2, 0.25) is 0 Å². The molecule has 2 unspecified atom stereocenters. The van der Waals surface area contributed by atoms with Gasteiger partial charge in [-0.05, 0) is 93.4 Å². The topological polar surface area (TPSA) is 3.24 Å². The lowest BCUT2D eigenvalue weighted by molar-refractivity contribution is 0.133. The summed E-state index contributed by atoms with van der Waals surface area (Å²) in [6.45, 7) is 4.94. The van der Waals surface area contributed by atoms with E-state index in [9.17, 15) is 0 Å². The number of anilines is 2. The number of para-hydroxylation sites is 1. The van der Waals surface area contributed by atoms with Crippen molar-refractivity contribution in [2.75, 3.05) is 4.90 Å². The van der Waals surface area contributed by atoms with Gasteiger partial charge in [0.05, 0.1) is 5.54 Å². The van der Waals surface area contributed by atoms with Crippen LogP contribution in [-0.4, -0.2) is 5.54 Å². The molecule has 0 saturated heterocycles. The van der Waals surface area contributed by atoms with Gasteiger partial charge in [-0.25, -0.2) is 0 Å². The normalized spacial score (nSPS) is 21.5. The van der Waals surface area contributed by atoms with E-state index in [-0.39, 0.29) is 11.0 Å². The Morgan fingerprint density at radius 2 is 1.03 bits per heavy atom.